The van der Waals surface area contributed by atoms with Crippen LogP contribution in [0.5, 0.6) is 0 Å². The maximum atomic E-state index is 11.6. The lowest BCUT2D eigenvalue weighted by Crippen LogP contribution is -2.10. The highest BCUT2D eigenvalue weighted by atomic mass is 16.5. The van der Waals surface area contributed by atoms with Crippen molar-refractivity contribution < 1.29 is 14.3 Å². The summed E-state index contributed by atoms with van der Waals surface area (Å²) in [6.45, 7) is 2.42. The minimum absolute atomic E-state index is 0.0579. The van der Waals surface area contributed by atoms with Gasteiger partial charge in [0.25, 0.3) is 0 Å². The number of hydrogen-bond acceptors (Lipinski definition) is 5. The van der Waals surface area contributed by atoms with Crippen LogP contribution in [-0.2, 0) is 14.3 Å². The molecule has 0 aliphatic carbocycles. The molecule has 1 heterocycles. The third-order valence-electron chi connectivity index (χ3n) is 2.14. The van der Waals surface area contributed by atoms with Crippen LogP contribution in [-0.4, -0.2) is 38.2 Å². The van der Waals surface area contributed by atoms with E-state index in [2.05, 4.69) is 0 Å². The molecule has 0 aromatic heterocycles. The second kappa shape index (κ2) is 5.94. The van der Waals surface area contributed by atoms with Crippen molar-refractivity contribution in [2.24, 2.45) is 0 Å². The molecule has 0 aromatic carbocycles. The van der Waals surface area contributed by atoms with Crippen molar-refractivity contribution in [2.45, 2.75) is 13.3 Å². The minimum atomic E-state index is -0.628. The van der Waals surface area contributed by atoms with Crippen LogP contribution in [0, 0.1) is 11.3 Å². The second-order valence-corrected chi connectivity index (χ2v) is 3.75. The summed E-state index contributed by atoms with van der Waals surface area (Å²) in [5.74, 6) is -0.281. The Kier molecular flexibility index (Phi) is 4.58. The first-order chi connectivity index (χ1) is 8.10. The number of nitriles is 1. The van der Waals surface area contributed by atoms with Gasteiger partial charge >= 0.3 is 5.97 Å². The third kappa shape index (κ3) is 3.25. The number of rotatable bonds is 3. The number of carbonyl (C=O) groups excluding carboxylic acids is 1. The Morgan fingerprint density at radius 1 is 1.65 bits per heavy atom. The summed E-state index contributed by atoms with van der Waals surface area (Å²) in [5.41, 5.74) is 0.789. The van der Waals surface area contributed by atoms with Crippen LogP contribution in [0.15, 0.2) is 23.1 Å². The van der Waals surface area contributed by atoms with Gasteiger partial charge in [-0.2, -0.15) is 5.26 Å². The fraction of sp³-hybridized carbons (Fsp3) is 0.500. The summed E-state index contributed by atoms with van der Waals surface area (Å²) in [7, 11) is 3.75. The van der Waals surface area contributed by atoms with Gasteiger partial charge in [-0.05, 0) is 6.92 Å². The zero-order chi connectivity index (χ0) is 12.8. The number of allylic oxidation sites excluding steroid dienone is 1. The summed E-state index contributed by atoms with van der Waals surface area (Å²) in [4.78, 5) is 13.4. The van der Waals surface area contributed by atoms with Crippen LogP contribution >= 0.6 is 0 Å². The van der Waals surface area contributed by atoms with Crippen LogP contribution in [0.25, 0.3) is 0 Å². The van der Waals surface area contributed by atoms with Gasteiger partial charge in [-0.1, -0.05) is 0 Å². The lowest BCUT2D eigenvalue weighted by Gasteiger charge is -2.08. The zero-order valence-corrected chi connectivity index (χ0v) is 10.3. The average Bonchev–Trinajstić information content (AvgIpc) is 2.67. The highest BCUT2D eigenvalue weighted by molar-refractivity contribution is 5.94. The highest BCUT2D eigenvalue weighted by Crippen LogP contribution is 2.27. The molecule has 5 heteroatoms. The summed E-state index contributed by atoms with van der Waals surface area (Å²) in [6, 6.07) is 1.85. The monoisotopic (exact) mass is 236 g/mol. The van der Waals surface area contributed by atoms with Gasteiger partial charge in [-0.15, -0.1) is 0 Å². The Balaban J connectivity index is 3.08. The molecule has 0 saturated carbocycles. The van der Waals surface area contributed by atoms with Crippen molar-refractivity contribution >= 4 is 5.97 Å². The number of nitrogens with zero attached hydrogens (tertiary/aromatic N) is 2. The maximum Gasteiger partial charge on any atom is 0.352 e. The molecule has 1 fully saturated rings. The number of carbonyl (C=O) groups is 1. The molecule has 0 radical (unpaired) electrons. The smallest absolute Gasteiger partial charge is 0.352 e. The minimum Gasteiger partial charge on any atom is -0.491 e. The fourth-order valence-electron chi connectivity index (χ4n) is 1.53. The first-order valence-electron chi connectivity index (χ1n) is 5.42. The number of esters is 1. The van der Waals surface area contributed by atoms with Gasteiger partial charge < -0.3 is 14.4 Å². The quantitative estimate of drug-likeness (QED) is 0.418. The molecule has 0 aromatic rings. The molecule has 0 unspecified atom stereocenters. The van der Waals surface area contributed by atoms with Crippen molar-refractivity contribution in [1.29, 1.82) is 5.26 Å². The molecule has 1 aliphatic rings. The van der Waals surface area contributed by atoms with Crippen LogP contribution in [0.3, 0.4) is 0 Å². The van der Waals surface area contributed by atoms with E-state index in [0.29, 0.717) is 18.8 Å². The predicted molar refractivity (Wildman–Crippen MR) is 61.6 cm³/mol. The lowest BCUT2D eigenvalue weighted by molar-refractivity contribution is -0.138. The van der Waals surface area contributed by atoms with Crippen LogP contribution in [0.4, 0.5) is 0 Å². The van der Waals surface area contributed by atoms with Gasteiger partial charge in [0.05, 0.1) is 13.2 Å². The predicted octanol–water partition coefficient (Wildman–Crippen LogP) is 1.19. The van der Waals surface area contributed by atoms with Crippen molar-refractivity contribution in [3.8, 4) is 6.07 Å². The summed E-state index contributed by atoms with van der Waals surface area (Å²) in [6.07, 6.45) is 2.54. The average molecular weight is 236 g/mol. The normalized spacial score (nSPS) is 19.5. The van der Waals surface area contributed by atoms with E-state index in [9.17, 15) is 4.79 Å². The standard InChI is InChI=1S/C12H16N2O3/c1-4-16-12(15)10(7-13)11-9(5-6-17-11)8-14(2)3/h8H,4-6H2,1-3H3/b9-8+,11-10-. The topological polar surface area (TPSA) is 62.6 Å². The summed E-state index contributed by atoms with van der Waals surface area (Å²) < 4.78 is 10.2. The highest BCUT2D eigenvalue weighted by Gasteiger charge is 2.25. The molecular weight excluding hydrogens is 220 g/mol. The molecule has 1 rings (SSSR count). The number of ether oxygens (including phenoxy) is 2. The second-order valence-electron chi connectivity index (χ2n) is 3.75. The Hall–Kier alpha value is -1.96. The van der Waals surface area contributed by atoms with Gasteiger partial charge in [0, 0.05) is 32.3 Å². The molecule has 0 bridgehead atoms. The number of hydrogen-bond donors (Lipinski definition) is 0. The van der Waals surface area contributed by atoms with Crippen LogP contribution < -0.4 is 0 Å². The maximum absolute atomic E-state index is 11.6. The molecular formula is C12H16N2O3. The Bertz CT molecular complexity index is 402. The molecule has 0 atom stereocenters. The zero-order valence-electron chi connectivity index (χ0n) is 10.3. The summed E-state index contributed by atoms with van der Waals surface area (Å²) >= 11 is 0. The van der Waals surface area contributed by atoms with E-state index in [0.717, 1.165) is 5.57 Å². The van der Waals surface area contributed by atoms with Crippen molar-refractivity contribution in [3.05, 3.63) is 23.1 Å². The van der Waals surface area contributed by atoms with Crippen molar-refractivity contribution in [2.75, 3.05) is 27.3 Å². The lowest BCUT2D eigenvalue weighted by atomic mass is 10.1. The molecule has 1 aliphatic heterocycles. The molecule has 1 saturated heterocycles. The Morgan fingerprint density at radius 3 is 2.88 bits per heavy atom. The molecule has 5 nitrogen and oxygen atoms in total. The largest absolute Gasteiger partial charge is 0.491 e. The Labute approximate surface area is 101 Å². The van der Waals surface area contributed by atoms with Gasteiger partial charge in [0.15, 0.2) is 5.57 Å². The van der Waals surface area contributed by atoms with Crippen LogP contribution in [0.1, 0.15) is 13.3 Å². The molecule has 0 spiro atoms. The van der Waals surface area contributed by atoms with E-state index in [1.807, 2.05) is 31.3 Å². The van der Waals surface area contributed by atoms with Crippen LogP contribution in [0.2, 0.25) is 0 Å². The first-order valence-corrected chi connectivity index (χ1v) is 5.42. The van der Waals surface area contributed by atoms with Gasteiger partial charge in [-0.25, -0.2) is 4.79 Å². The molecule has 0 amide bonds. The van der Waals surface area contributed by atoms with E-state index in [1.165, 1.54) is 0 Å². The SMILES string of the molecule is CCOC(=O)/C(C#N)=C1\OCC\C1=C/N(C)C. The van der Waals surface area contributed by atoms with Crippen molar-refractivity contribution in [3.63, 3.8) is 0 Å². The Morgan fingerprint density at radius 2 is 2.35 bits per heavy atom. The summed E-state index contributed by atoms with van der Waals surface area (Å²) in [5, 5.41) is 9.01. The van der Waals surface area contributed by atoms with E-state index >= 15 is 0 Å². The van der Waals surface area contributed by atoms with Gasteiger partial charge in [0.2, 0.25) is 0 Å². The molecule has 17 heavy (non-hydrogen) atoms. The van der Waals surface area contributed by atoms with E-state index in [1.54, 1.807) is 6.92 Å². The first kappa shape index (κ1) is 13.1. The fourth-order valence-corrected chi connectivity index (χ4v) is 1.53. The van der Waals surface area contributed by atoms with E-state index < -0.39 is 5.97 Å². The third-order valence-corrected chi connectivity index (χ3v) is 2.14. The molecule has 0 N–H and O–H groups in total. The van der Waals surface area contributed by atoms with E-state index in [4.69, 9.17) is 14.7 Å². The van der Waals surface area contributed by atoms with Gasteiger partial charge in [-0.3, -0.25) is 0 Å². The van der Waals surface area contributed by atoms with Gasteiger partial charge in [0.1, 0.15) is 11.8 Å². The molecule has 92 valence electrons. The van der Waals surface area contributed by atoms with E-state index in [-0.39, 0.29) is 12.2 Å². The van der Waals surface area contributed by atoms with Crippen molar-refractivity contribution in [1.82, 2.24) is 4.90 Å².